The first-order valence-corrected chi connectivity index (χ1v) is 17.2. The van der Waals surface area contributed by atoms with Crippen molar-refractivity contribution in [2.75, 3.05) is 6.54 Å². The highest BCUT2D eigenvalue weighted by molar-refractivity contribution is 5.84. The van der Waals surface area contributed by atoms with Crippen molar-refractivity contribution in [1.82, 2.24) is 0 Å². The van der Waals surface area contributed by atoms with Gasteiger partial charge in [-0.05, 0) is 75.7 Å². The Kier molecular flexibility index (Phi) is 9.72. The van der Waals surface area contributed by atoms with E-state index >= 15 is 0 Å². The molecule has 5 rings (SSSR count). The van der Waals surface area contributed by atoms with E-state index in [0.717, 1.165) is 45.1 Å². The Bertz CT molecular complexity index is 966. The van der Waals surface area contributed by atoms with Crippen LogP contribution in [0.5, 0.6) is 0 Å². The molecule has 0 aromatic carbocycles. The molecule has 0 amide bonds. The monoisotopic (exact) mass is 571 g/mol. The minimum Gasteiger partial charge on any atom is -0.455 e. The van der Waals surface area contributed by atoms with Crippen molar-refractivity contribution in [2.24, 2.45) is 33.6 Å². The second-order valence-electron chi connectivity index (χ2n) is 14.7. The Balaban J connectivity index is 1.24. The van der Waals surface area contributed by atoms with E-state index in [1.165, 1.54) is 63.9 Å². The summed E-state index contributed by atoms with van der Waals surface area (Å²) in [4.78, 5) is 16.9. The number of aliphatic hydroxyl groups is 3. The molecule has 4 saturated carbocycles. The molecular formula is C35H57NO5. The quantitative estimate of drug-likeness (QED) is 0.130. The van der Waals surface area contributed by atoms with Gasteiger partial charge in [0.1, 0.15) is 6.10 Å². The lowest BCUT2D eigenvalue weighted by Crippen LogP contribution is -2.69. The van der Waals surface area contributed by atoms with E-state index in [-0.39, 0.29) is 35.2 Å². The fourth-order valence-corrected chi connectivity index (χ4v) is 10.3. The molecule has 232 valence electrons. The van der Waals surface area contributed by atoms with Crippen LogP contribution in [0, 0.1) is 28.6 Å². The van der Waals surface area contributed by atoms with Crippen molar-refractivity contribution in [1.29, 1.82) is 0 Å². The number of cyclic esters (lactones) is 1. The van der Waals surface area contributed by atoms with Crippen LogP contribution in [0.15, 0.2) is 17.1 Å². The molecule has 0 bridgehead atoms. The van der Waals surface area contributed by atoms with E-state index in [2.05, 4.69) is 20.1 Å². The van der Waals surface area contributed by atoms with Crippen LogP contribution in [0.4, 0.5) is 0 Å². The number of carbonyl (C=O) groups excluding carboxylic acids is 1. The van der Waals surface area contributed by atoms with Crippen LogP contribution in [0.1, 0.15) is 136 Å². The highest BCUT2D eigenvalue weighted by Gasteiger charge is 2.71. The third-order valence-electron chi connectivity index (χ3n) is 12.6. The van der Waals surface area contributed by atoms with E-state index in [0.29, 0.717) is 25.7 Å². The van der Waals surface area contributed by atoms with Gasteiger partial charge in [-0.1, -0.05) is 71.6 Å². The first-order valence-electron chi connectivity index (χ1n) is 17.2. The summed E-state index contributed by atoms with van der Waals surface area (Å²) < 4.78 is 5.65. The zero-order valence-electron chi connectivity index (χ0n) is 25.9. The molecule has 0 spiro atoms. The van der Waals surface area contributed by atoms with Crippen LogP contribution in [-0.4, -0.2) is 57.5 Å². The average Bonchev–Trinajstić information content (AvgIpc) is 3.49. The maximum Gasteiger partial charge on any atom is 0.331 e. The number of aliphatic hydroxyl groups excluding tert-OH is 1. The summed E-state index contributed by atoms with van der Waals surface area (Å²) in [6.07, 6.45) is 24.3. The minimum atomic E-state index is -0.973. The largest absolute Gasteiger partial charge is 0.455 e. The van der Waals surface area contributed by atoms with Gasteiger partial charge in [0.25, 0.3) is 0 Å². The first-order chi connectivity index (χ1) is 19.7. The Morgan fingerprint density at radius 2 is 1.54 bits per heavy atom. The lowest BCUT2D eigenvalue weighted by molar-refractivity contribution is -0.241. The van der Waals surface area contributed by atoms with Gasteiger partial charge in [0.15, 0.2) is 0 Å². The molecule has 0 aromatic heterocycles. The molecule has 4 fully saturated rings. The molecule has 3 N–H and O–H groups in total. The maximum atomic E-state index is 12.5. The SMILES string of the molecule is CCCCCCCCCCCCN=C[C@]12CC[C@H](O)C[C@@]1(O)CC[C@@H]1[C@@H]2CC[C@]2(C)[C@H]([C@@H]3C=CC(=O)O3)CC[C@]12O. The van der Waals surface area contributed by atoms with Crippen LogP contribution in [0.25, 0.3) is 0 Å². The molecule has 9 atom stereocenters. The molecular weight excluding hydrogens is 514 g/mol. The number of nitrogens with zero attached hydrogens (tertiary/aromatic N) is 1. The van der Waals surface area contributed by atoms with Crippen molar-refractivity contribution < 1.29 is 24.9 Å². The van der Waals surface area contributed by atoms with Crippen LogP contribution in [0.2, 0.25) is 0 Å². The smallest absolute Gasteiger partial charge is 0.331 e. The minimum absolute atomic E-state index is 0.0756. The van der Waals surface area contributed by atoms with Crippen molar-refractivity contribution in [3.63, 3.8) is 0 Å². The number of fused-ring (bicyclic) bond motifs is 5. The fraction of sp³-hybridized carbons (Fsp3) is 0.886. The summed E-state index contributed by atoms with van der Waals surface area (Å²) in [6, 6.07) is 0. The normalized spacial score (nSPS) is 43.6. The van der Waals surface area contributed by atoms with Crippen molar-refractivity contribution >= 4 is 12.2 Å². The summed E-state index contributed by atoms with van der Waals surface area (Å²) >= 11 is 0. The van der Waals surface area contributed by atoms with Gasteiger partial charge in [-0.2, -0.15) is 0 Å². The van der Waals surface area contributed by atoms with Gasteiger partial charge in [-0.3, -0.25) is 4.99 Å². The maximum absolute atomic E-state index is 12.5. The molecule has 6 nitrogen and oxygen atoms in total. The molecule has 0 aromatic rings. The highest BCUT2D eigenvalue weighted by Crippen LogP contribution is 2.70. The number of ether oxygens (including phenoxy) is 1. The third kappa shape index (κ3) is 5.71. The predicted molar refractivity (Wildman–Crippen MR) is 163 cm³/mol. The van der Waals surface area contributed by atoms with Gasteiger partial charge in [-0.15, -0.1) is 0 Å². The molecule has 0 unspecified atom stereocenters. The number of unbranched alkanes of at least 4 members (excludes halogenated alkanes) is 9. The van der Waals surface area contributed by atoms with E-state index in [1.807, 2.05) is 6.08 Å². The van der Waals surface area contributed by atoms with Gasteiger partial charge < -0.3 is 20.1 Å². The van der Waals surface area contributed by atoms with Crippen LogP contribution in [0.3, 0.4) is 0 Å². The van der Waals surface area contributed by atoms with Crippen molar-refractivity contribution in [3.8, 4) is 0 Å². The van der Waals surface area contributed by atoms with Gasteiger partial charge in [0, 0.05) is 42.0 Å². The van der Waals surface area contributed by atoms with E-state index in [4.69, 9.17) is 9.73 Å². The standard InChI is InChI=1S/C35H57NO5/c1-3-4-5-6-7-8-9-10-11-12-23-36-25-33-20-15-26(37)24-34(33,39)21-17-28-27(33)16-19-32(2)29(18-22-35(28,32)40)30-13-14-31(38)41-30/h13-14,25-30,37,39-40H,3-12,15-24H2,1-2H3/t26-,27-,28+,29-,30-,32+,33-,34-,35-/m0/s1. The molecule has 0 saturated heterocycles. The molecule has 41 heavy (non-hydrogen) atoms. The van der Waals surface area contributed by atoms with E-state index < -0.39 is 22.7 Å². The Morgan fingerprint density at radius 1 is 0.878 bits per heavy atom. The number of hydrogen-bond acceptors (Lipinski definition) is 6. The van der Waals surface area contributed by atoms with Gasteiger partial charge in [-0.25, -0.2) is 4.79 Å². The van der Waals surface area contributed by atoms with Crippen LogP contribution < -0.4 is 0 Å². The number of carbonyl (C=O) groups is 1. The summed E-state index contributed by atoms with van der Waals surface area (Å²) in [5, 5.41) is 35.3. The van der Waals surface area contributed by atoms with Crippen molar-refractivity contribution in [3.05, 3.63) is 12.2 Å². The zero-order chi connectivity index (χ0) is 29.1. The first kappa shape index (κ1) is 31.2. The summed E-state index contributed by atoms with van der Waals surface area (Å²) in [5.74, 6) is 0.0604. The lowest BCUT2D eigenvalue weighted by Gasteiger charge is -2.65. The Hall–Kier alpha value is -1.24. The molecule has 0 radical (unpaired) electrons. The molecule has 1 aliphatic heterocycles. The van der Waals surface area contributed by atoms with Gasteiger partial charge in [0.2, 0.25) is 0 Å². The second-order valence-corrected chi connectivity index (χ2v) is 14.7. The predicted octanol–water partition coefficient (Wildman–Crippen LogP) is 6.69. The molecule has 5 aliphatic rings. The number of esters is 1. The topological polar surface area (TPSA) is 99.4 Å². The lowest BCUT2D eigenvalue weighted by atomic mass is 9.41. The van der Waals surface area contributed by atoms with Gasteiger partial charge in [0.05, 0.1) is 17.3 Å². The fourth-order valence-electron chi connectivity index (χ4n) is 10.3. The van der Waals surface area contributed by atoms with E-state index in [1.54, 1.807) is 0 Å². The summed E-state index contributed by atoms with van der Waals surface area (Å²) in [7, 11) is 0. The van der Waals surface area contributed by atoms with Crippen LogP contribution in [-0.2, 0) is 9.53 Å². The Labute approximate surface area is 248 Å². The summed E-state index contributed by atoms with van der Waals surface area (Å²) in [6.45, 7) is 5.27. The number of rotatable bonds is 13. The third-order valence-corrected chi connectivity index (χ3v) is 12.6. The van der Waals surface area contributed by atoms with Gasteiger partial charge >= 0.3 is 5.97 Å². The molecule has 4 aliphatic carbocycles. The highest BCUT2D eigenvalue weighted by atomic mass is 16.5. The molecule has 1 heterocycles. The van der Waals surface area contributed by atoms with E-state index in [9.17, 15) is 20.1 Å². The number of hydrogen-bond donors (Lipinski definition) is 3. The van der Waals surface area contributed by atoms with Crippen LogP contribution >= 0.6 is 0 Å². The zero-order valence-corrected chi connectivity index (χ0v) is 25.9. The average molecular weight is 572 g/mol. The Morgan fingerprint density at radius 3 is 2.22 bits per heavy atom. The number of aliphatic imine (C=N–C) groups is 1. The molecule has 6 heteroatoms. The second kappa shape index (κ2) is 12.8. The summed E-state index contributed by atoms with van der Waals surface area (Å²) in [5.41, 5.74) is -2.65. The van der Waals surface area contributed by atoms with Crippen molar-refractivity contribution in [2.45, 2.75) is 159 Å².